The Morgan fingerprint density at radius 3 is 2.47 bits per heavy atom. The van der Waals surface area contributed by atoms with Crippen LogP contribution in [-0.4, -0.2) is 21.6 Å². The molecule has 7 heteroatoms. The van der Waals surface area contributed by atoms with Crippen molar-refractivity contribution in [1.82, 2.24) is 9.66 Å². The second-order valence-corrected chi connectivity index (χ2v) is 3.90. The second-order valence-electron chi connectivity index (χ2n) is 3.90. The number of nitrogens with zero attached hydrogens (tertiary/aromatic N) is 2. The van der Waals surface area contributed by atoms with E-state index < -0.39 is 11.9 Å². The molecule has 0 saturated carbocycles. The first kappa shape index (κ1) is 12.6. The van der Waals surface area contributed by atoms with Crippen LogP contribution in [0.15, 0.2) is 36.5 Å². The quantitative estimate of drug-likeness (QED) is 0.727. The molecule has 7 nitrogen and oxygen atoms in total. The molecule has 1 aromatic carbocycles. The Hall–Kier alpha value is -2.83. The average molecular weight is 259 g/mol. The number of benzene rings is 1. The van der Waals surface area contributed by atoms with Crippen LogP contribution in [0.25, 0.3) is 0 Å². The molecule has 2 aromatic rings. The highest BCUT2D eigenvalue weighted by atomic mass is 16.2. The summed E-state index contributed by atoms with van der Waals surface area (Å²) in [5, 5.41) is 0. The maximum atomic E-state index is 11.2. The van der Waals surface area contributed by atoms with E-state index in [2.05, 4.69) is 10.4 Å². The summed E-state index contributed by atoms with van der Waals surface area (Å²) in [6.07, 6.45) is 1.74. The van der Waals surface area contributed by atoms with Crippen LogP contribution in [-0.2, 0) is 6.42 Å². The fraction of sp³-hybridized carbons (Fsp3) is 0.0833. The van der Waals surface area contributed by atoms with E-state index in [0.717, 1.165) is 5.56 Å². The standard InChI is InChI=1S/C12H13N5O2/c13-11(18)9-7-15-10(17(9)16-12(14)19)6-8-4-2-1-3-5-8/h1-5,7H,6H2,(H2,13,18)(H3,14,16,19). The summed E-state index contributed by atoms with van der Waals surface area (Å²) in [6.45, 7) is 0. The van der Waals surface area contributed by atoms with Crippen LogP contribution in [0.1, 0.15) is 21.9 Å². The molecule has 1 aromatic heterocycles. The van der Waals surface area contributed by atoms with Crippen LogP contribution < -0.4 is 16.9 Å². The van der Waals surface area contributed by atoms with Gasteiger partial charge in [0.25, 0.3) is 5.91 Å². The third-order valence-corrected chi connectivity index (χ3v) is 2.51. The first-order chi connectivity index (χ1) is 9.08. The lowest BCUT2D eigenvalue weighted by Crippen LogP contribution is -2.33. The van der Waals surface area contributed by atoms with Crippen LogP contribution >= 0.6 is 0 Å². The maximum absolute atomic E-state index is 11.2. The van der Waals surface area contributed by atoms with E-state index in [0.29, 0.717) is 12.2 Å². The number of amides is 3. The van der Waals surface area contributed by atoms with Crippen molar-refractivity contribution in [1.29, 1.82) is 0 Å². The predicted octanol–water partition coefficient (Wildman–Crippen LogP) is 0.195. The van der Waals surface area contributed by atoms with Crippen molar-refractivity contribution < 1.29 is 9.59 Å². The molecule has 98 valence electrons. The van der Waals surface area contributed by atoms with Gasteiger partial charge in [-0.05, 0) is 5.56 Å². The zero-order valence-electron chi connectivity index (χ0n) is 10.0. The number of primary amides is 2. The third kappa shape index (κ3) is 2.89. The molecule has 3 amide bonds. The molecular weight excluding hydrogens is 246 g/mol. The molecule has 0 spiro atoms. The number of carbonyl (C=O) groups excluding carboxylic acids is 2. The highest BCUT2D eigenvalue weighted by Crippen LogP contribution is 2.09. The van der Waals surface area contributed by atoms with E-state index in [4.69, 9.17) is 11.5 Å². The van der Waals surface area contributed by atoms with Gasteiger partial charge in [0.05, 0.1) is 6.20 Å². The Kier molecular flexibility index (Phi) is 3.46. The van der Waals surface area contributed by atoms with Gasteiger partial charge >= 0.3 is 6.03 Å². The van der Waals surface area contributed by atoms with Crippen molar-refractivity contribution in [3.63, 3.8) is 0 Å². The summed E-state index contributed by atoms with van der Waals surface area (Å²) in [5.74, 6) is -0.223. The Morgan fingerprint density at radius 1 is 1.21 bits per heavy atom. The first-order valence-corrected chi connectivity index (χ1v) is 5.54. The molecule has 0 aliphatic rings. The van der Waals surface area contributed by atoms with Gasteiger partial charge in [-0.25, -0.2) is 19.9 Å². The van der Waals surface area contributed by atoms with Gasteiger partial charge in [0.1, 0.15) is 11.5 Å². The van der Waals surface area contributed by atoms with Gasteiger partial charge in [-0.2, -0.15) is 0 Å². The summed E-state index contributed by atoms with van der Waals surface area (Å²) in [4.78, 5) is 26.3. The molecule has 0 aliphatic carbocycles. The Labute approximate surface area is 109 Å². The zero-order valence-corrected chi connectivity index (χ0v) is 10.0. The summed E-state index contributed by atoms with van der Waals surface area (Å²) < 4.78 is 1.21. The molecule has 1 heterocycles. The number of hydrogen-bond acceptors (Lipinski definition) is 3. The molecule has 2 rings (SSSR count). The first-order valence-electron chi connectivity index (χ1n) is 5.54. The van der Waals surface area contributed by atoms with Gasteiger partial charge in [-0.1, -0.05) is 30.3 Å². The number of aromatic nitrogens is 2. The van der Waals surface area contributed by atoms with E-state index in [1.807, 2.05) is 30.3 Å². The fourth-order valence-electron chi connectivity index (χ4n) is 1.70. The number of rotatable bonds is 4. The third-order valence-electron chi connectivity index (χ3n) is 2.51. The van der Waals surface area contributed by atoms with Crippen molar-refractivity contribution in [2.75, 3.05) is 5.43 Å². The minimum atomic E-state index is -0.796. The number of hydrogen-bond donors (Lipinski definition) is 3. The Bertz CT molecular complexity index is 606. The van der Waals surface area contributed by atoms with Crippen molar-refractivity contribution in [3.8, 4) is 0 Å². The van der Waals surface area contributed by atoms with Crippen LogP contribution in [0.4, 0.5) is 4.79 Å². The molecule has 0 aliphatic heterocycles. The maximum Gasteiger partial charge on any atom is 0.331 e. The summed E-state index contributed by atoms with van der Waals surface area (Å²) in [6, 6.07) is 8.69. The number of imidazole rings is 1. The minimum Gasteiger partial charge on any atom is -0.364 e. The van der Waals surface area contributed by atoms with Crippen molar-refractivity contribution in [2.45, 2.75) is 6.42 Å². The van der Waals surface area contributed by atoms with E-state index in [-0.39, 0.29) is 5.69 Å². The number of carbonyl (C=O) groups is 2. The van der Waals surface area contributed by atoms with Gasteiger partial charge in [-0.15, -0.1) is 0 Å². The van der Waals surface area contributed by atoms with Crippen LogP contribution in [0, 0.1) is 0 Å². The Morgan fingerprint density at radius 2 is 1.89 bits per heavy atom. The average Bonchev–Trinajstić information content (AvgIpc) is 2.73. The second kappa shape index (κ2) is 5.21. The number of urea groups is 1. The van der Waals surface area contributed by atoms with Crippen molar-refractivity contribution in [2.24, 2.45) is 11.5 Å². The fourth-order valence-corrected chi connectivity index (χ4v) is 1.70. The molecule has 0 saturated heterocycles. The minimum absolute atomic E-state index is 0.0738. The summed E-state index contributed by atoms with van der Waals surface area (Å²) >= 11 is 0. The normalized spacial score (nSPS) is 10.1. The molecule has 0 radical (unpaired) electrons. The summed E-state index contributed by atoms with van der Waals surface area (Å²) in [7, 11) is 0. The van der Waals surface area contributed by atoms with E-state index in [9.17, 15) is 9.59 Å². The lowest BCUT2D eigenvalue weighted by molar-refractivity contribution is 0.0993. The lowest BCUT2D eigenvalue weighted by atomic mass is 10.1. The van der Waals surface area contributed by atoms with Crippen molar-refractivity contribution in [3.05, 3.63) is 53.6 Å². The van der Waals surface area contributed by atoms with Crippen LogP contribution in [0.5, 0.6) is 0 Å². The molecular formula is C12H13N5O2. The summed E-state index contributed by atoms with van der Waals surface area (Å²) in [5.41, 5.74) is 13.6. The molecule has 19 heavy (non-hydrogen) atoms. The van der Waals surface area contributed by atoms with Gasteiger partial charge in [-0.3, -0.25) is 4.79 Å². The van der Waals surface area contributed by atoms with Gasteiger partial charge in [0.2, 0.25) is 0 Å². The van der Waals surface area contributed by atoms with Crippen molar-refractivity contribution >= 4 is 11.9 Å². The predicted molar refractivity (Wildman–Crippen MR) is 68.9 cm³/mol. The van der Waals surface area contributed by atoms with Crippen LogP contribution in [0.3, 0.4) is 0 Å². The van der Waals surface area contributed by atoms with E-state index >= 15 is 0 Å². The topological polar surface area (TPSA) is 116 Å². The number of nitrogens with two attached hydrogens (primary N) is 2. The number of nitrogens with one attached hydrogen (secondary N) is 1. The van der Waals surface area contributed by atoms with E-state index in [1.165, 1.54) is 10.9 Å². The molecule has 0 atom stereocenters. The molecule has 0 fully saturated rings. The van der Waals surface area contributed by atoms with Gasteiger partial charge in [0.15, 0.2) is 0 Å². The smallest absolute Gasteiger partial charge is 0.331 e. The van der Waals surface area contributed by atoms with Gasteiger partial charge < -0.3 is 11.5 Å². The zero-order chi connectivity index (χ0) is 13.8. The largest absolute Gasteiger partial charge is 0.364 e. The monoisotopic (exact) mass is 259 g/mol. The SMILES string of the molecule is NC(=O)Nn1c(C(N)=O)cnc1Cc1ccccc1. The Balaban J connectivity index is 2.34. The molecule has 0 bridgehead atoms. The van der Waals surface area contributed by atoms with Crippen LogP contribution in [0.2, 0.25) is 0 Å². The highest BCUT2D eigenvalue weighted by Gasteiger charge is 2.15. The lowest BCUT2D eigenvalue weighted by Gasteiger charge is -2.10. The van der Waals surface area contributed by atoms with Gasteiger partial charge in [0, 0.05) is 6.42 Å². The molecule has 5 N–H and O–H groups in total. The highest BCUT2D eigenvalue weighted by molar-refractivity contribution is 5.92. The van der Waals surface area contributed by atoms with E-state index in [1.54, 1.807) is 0 Å². The molecule has 0 unspecified atom stereocenters.